The van der Waals surface area contributed by atoms with Crippen molar-refractivity contribution in [1.82, 2.24) is 19.9 Å². The molecule has 1 saturated heterocycles. The van der Waals surface area contributed by atoms with Crippen molar-refractivity contribution >= 4 is 55.9 Å². The third-order valence-electron chi connectivity index (χ3n) is 5.20. The molecule has 32 heavy (non-hydrogen) atoms. The Bertz CT molecular complexity index is 1250. The van der Waals surface area contributed by atoms with Crippen LogP contribution in [0.25, 0.3) is 10.3 Å². The molecule has 0 unspecified atom stereocenters. The molecule has 0 bridgehead atoms. The maximum absolute atomic E-state index is 13.2. The Morgan fingerprint density at radius 3 is 2.94 bits per heavy atom. The van der Waals surface area contributed by atoms with Crippen molar-refractivity contribution < 1.29 is 14.0 Å². The monoisotopic (exact) mass is 478 g/mol. The van der Waals surface area contributed by atoms with Crippen molar-refractivity contribution in [3.05, 3.63) is 45.7 Å². The van der Waals surface area contributed by atoms with Gasteiger partial charge in [0, 0.05) is 20.1 Å². The number of nitrogens with zero attached hydrogens (tertiary/aromatic N) is 4. The topological polar surface area (TPSA) is 109 Å². The molecule has 9 nitrogen and oxygen atoms in total. The first-order valence-electron chi connectivity index (χ1n) is 9.93. The Morgan fingerprint density at radius 1 is 1.38 bits per heavy atom. The van der Waals surface area contributed by atoms with Crippen LogP contribution >= 0.6 is 22.9 Å². The number of fused-ring (bicyclic) bond motifs is 1. The van der Waals surface area contributed by atoms with Gasteiger partial charge in [-0.3, -0.25) is 19.0 Å². The van der Waals surface area contributed by atoms with Crippen molar-refractivity contribution in [3.8, 4) is 0 Å². The van der Waals surface area contributed by atoms with Gasteiger partial charge in [0.25, 0.3) is 5.56 Å². The second kappa shape index (κ2) is 9.21. The van der Waals surface area contributed by atoms with E-state index < -0.39 is 11.7 Å². The van der Waals surface area contributed by atoms with Gasteiger partial charge in [-0.1, -0.05) is 22.9 Å². The summed E-state index contributed by atoms with van der Waals surface area (Å²) in [6.45, 7) is 0.974. The molecule has 1 atom stereocenters. The highest BCUT2D eigenvalue weighted by atomic mass is 35.5. The van der Waals surface area contributed by atoms with E-state index in [1.54, 1.807) is 7.05 Å². The number of carbonyl (C=O) groups excluding carboxylic acids is 2. The molecule has 3 aromatic rings. The van der Waals surface area contributed by atoms with Gasteiger partial charge in [0.1, 0.15) is 23.4 Å². The van der Waals surface area contributed by atoms with Crippen LogP contribution in [0.5, 0.6) is 0 Å². The van der Waals surface area contributed by atoms with Crippen LogP contribution in [0, 0.1) is 11.7 Å². The molecule has 3 heterocycles. The molecule has 1 aliphatic rings. The average molecular weight is 479 g/mol. The lowest BCUT2D eigenvalue weighted by Crippen LogP contribution is -2.42. The smallest absolute Gasteiger partial charge is 0.273 e. The van der Waals surface area contributed by atoms with E-state index in [1.807, 2.05) is 4.90 Å². The van der Waals surface area contributed by atoms with E-state index in [2.05, 4.69) is 20.6 Å². The van der Waals surface area contributed by atoms with Gasteiger partial charge in [-0.15, -0.1) is 0 Å². The van der Waals surface area contributed by atoms with Crippen molar-refractivity contribution in [3.63, 3.8) is 0 Å². The highest BCUT2D eigenvalue weighted by molar-refractivity contribution is 7.22. The standard InChI is InChI=1S/C20H20ClFN6O3S/c1-23-18(30)11-3-2-6-27(8-11)20-26-17-16(32-20)19(31)28(10-24-17)9-15(29)25-14-5-4-12(22)7-13(14)21/h4-5,7,10-11H,2-3,6,8-9H2,1H3,(H,23,30)(H,25,29)/t11-/m0/s1. The lowest BCUT2D eigenvalue weighted by molar-refractivity contribution is -0.124. The minimum atomic E-state index is -0.518. The highest BCUT2D eigenvalue weighted by Gasteiger charge is 2.27. The predicted octanol–water partition coefficient (Wildman–Crippen LogP) is 2.25. The molecule has 2 amide bonds. The van der Waals surface area contributed by atoms with E-state index in [-0.39, 0.29) is 34.6 Å². The molecule has 2 aromatic heterocycles. The molecule has 0 aliphatic carbocycles. The molecule has 1 aliphatic heterocycles. The SMILES string of the molecule is CNC(=O)[C@H]1CCCN(c2nc3ncn(CC(=O)Nc4ccc(F)cc4Cl)c(=O)c3s2)C1. The molecular weight excluding hydrogens is 459 g/mol. The number of amides is 2. The third-order valence-corrected chi connectivity index (χ3v) is 6.61. The Balaban J connectivity index is 1.52. The second-order valence-electron chi connectivity index (χ2n) is 7.40. The fourth-order valence-electron chi connectivity index (χ4n) is 3.59. The molecule has 0 saturated carbocycles. The lowest BCUT2D eigenvalue weighted by atomic mass is 9.98. The number of rotatable bonds is 5. The summed E-state index contributed by atoms with van der Waals surface area (Å²) in [5, 5.41) is 5.92. The Morgan fingerprint density at radius 2 is 2.19 bits per heavy atom. The number of piperidine rings is 1. The number of aromatic nitrogens is 3. The number of nitrogens with one attached hydrogen (secondary N) is 2. The summed E-state index contributed by atoms with van der Waals surface area (Å²) in [6.07, 6.45) is 2.92. The van der Waals surface area contributed by atoms with Crippen LogP contribution in [0.3, 0.4) is 0 Å². The van der Waals surface area contributed by atoms with E-state index in [0.717, 1.165) is 25.5 Å². The molecule has 0 spiro atoms. The van der Waals surface area contributed by atoms with Crippen molar-refractivity contribution in [2.24, 2.45) is 5.92 Å². The van der Waals surface area contributed by atoms with Crippen molar-refractivity contribution in [2.75, 3.05) is 30.4 Å². The Labute approximate surface area is 191 Å². The zero-order chi connectivity index (χ0) is 22.8. The number of carbonyl (C=O) groups is 2. The van der Waals surface area contributed by atoms with Crippen LogP contribution in [0.1, 0.15) is 12.8 Å². The van der Waals surface area contributed by atoms with Crippen molar-refractivity contribution in [1.29, 1.82) is 0 Å². The van der Waals surface area contributed by atoms with Crippen LogP contribution in [0.15, 0.2) is 29.3 Å². The van der Waals surface area contributed by atoms with E-state index in [9.17, 15) is 18.8 Å². The van der Waals surface area contributed by atoms with Gasteiger partial charge in [0.15, 0.2) is 10.8 Å². The van der Waals surface area contributed by atoms with E-state index in [0.29, 0.717) is 22.0 Å². The molecule has 2 N–H and O–H groups in total. The third kappa shape index (κ3) is 4.58. The van der Waals surface area contributed by atoms with Crippen LogP contribution < -0.4 is 21.1 Å². The molecule has 4 rings (SSSR count). The van der Waals surface area contributed by atoms with Crippen LogP contribution in [0.2, 0.25) is 5.02 Å². The fourth-order valence-corrected chi connectivity index (χ4v) is 4.81. The van der Waals surface area contributed by atoms with Gasteiger partial charge >= 0.3 is 0 Å². The van der Waals surface area contributed by atoms with Gasteiger partial charge in [-0.25, -0.2) is 9.37 Å². The fraction of sp³-hybridized carbons (Fsp3) is 0.350. The number of thiazole rings is 1. The van der Waals surface area contributed by atoms with Gasteiger partial charge in [-0.05, 0) is 31.0 Å². The summed E-state index contributed by atoms with van der Waals surface area (Å²) < 4.78 is 14.7. The lowest BCUT2D eigenvalue weighted by Gasteiger charge is -2.31. The normalized spacial score (nSPS) is 16.2. The predicted molar refractivity (Wildman–Crippen MR) is 121 cm³/mol. The minimum absolute atomic E-state index is 0.0106. The molecule has 1 aromatic carbocycles. The first-order chi connectivity index (χ1) is 15.4. The summed E-state index contributed by atoms with van der Waals surface area (Å²) in [4.78, 5) is 47.9. The Hall–Kier alpha value is -3.05. The first kappa shape index (κ1) is 22.2. The van der Waals surface area contributed by atoms with Crippen molar-refractivity contribution in [2.45, 2.75) is 19.4 Å². The summed E-state index contributed by atoms with van der Waals surface area (Å²) in [7, 11) is 1.62. The van der Waals surface area contributed by atoms with Gasteiger partial charge in [-0.2, -0.15) is 4.98 Å². The van der Waals surface area contributed by atoms with Crippen LogP contribution in [-0.2, 0) is 16.1 Å². The maximum Gasteiger partial charge on any atom is 0.273 e. The quantitative estimate of drug-likeness (QED) is 0.582. The van der Waals surface area contributed by atoms with Gasteiger partial charge in [0.2, 0.25) is 11.8 Å². The molecular formula is C20H20ClFN6O3S. The molecule has 12 heteroatoms. The summed E-state index contributed by atoms with van der Waals surface area (Å²) in [5.41, 5.74) is 0.158. The zero-order valence-electron chi connectivity index (χ0n) is 17.1. The zero-order valence-corrected chi connectivity index (χ0v) is 18.7. The average Bonchev–Trinajstić information content (AvgIpc) is 3.22. The summed E-state index contributed by atoms with van der Waals surface area (Å²) in [6, 6.07) is 3.61. The minimum Gasteiger partial charge on any atom is -0.359 e. The number of anilines is 2. The number of hydrogen-bond donors (Lipinski definition) is 2. The van der Waals surface area contributed by atoms with E-state index in [4.69, 9.17) is 11.6 Å². The molecule has 168 valence electrons. The molecule has 1 fully saturated rings. The van der Waals surface area contributed by atoms with Gasteiger partial charge < -0.3 is 15.5 Å². The largest absolute Gasteiger partial charge is 0.359 e. The van der Waals surface area contributed by atoms with E-state index >= 15 is 0 Å². The molecule has 0 radical (unpaired) electrons. The number of benzene rings is 1. The summed E-state index contributed by atoms with van der Waals surface area (Å²) in [5.74, 6) is -1.16. The van der Waals surface area contributed by atoms with Crippen LogP contribution in [-0.4, -0.2) is 46.5 Å². The number of halogens is 2. The first-order valence-corrected chi connectivity index (χ1v) is 11.1. The maximum atomic E-state index is 13.2. The highest BCUT2D eigenvalue weighted by Crippen LogP contribution is 2.29. The van der Waals surface area contributed by atoms with E-state index in [1.165, 1.54) is 34.4 Å². The second-order valence-corrected chi connectivity index (χ2v) is 8.78. The number of hydrogen-bond acceptors (Lipinski definition) is 7. The summed E-state index contributed by atoms with van der Waals surface area (Å²) >= 11 is 7.12. The van der Waals surface area contributed by atoms with Gasteiger partial charge in [0.05, 0.1) is 16.6 Å². The Kier molecular flexibility index (Phi) is 6.38. The van der Waals surface area contributed by atoms with Crippen LogP contribution in [0.4, 0.5) is 15.2 Å².